The molecule has 0 saturated carbocycles. The van der Waals surface area contributed by atoms with E-state index in [1.807, 2.05) is 117 Å². The molecule has 2 atom stereocenters. The van der Waals surface area contributed by atoms with Crippen molar-refractivity contribution in [3.63, 3.8) is 0 Å². The quantitative estimate of drug-likeness (QED) is 0.104. The summed E-state index contributed by atoms with van der Waals surface area (Å²) in [7, 11) is -3.72. The number of esters is 2. The van der Waals surface area contributed by atoms with Gasteiger partial charge in [0.25, 0.3) is 0 Å². The zero-order valence-corrected chi connectivity index (χ0v) is 40.8. The first-order valence-corrected chi connectivity index (χ1v) is 24.2. The number of hydrogen-bond donors (Lipinski definition) is 2. The number of ether oxygens (including phenoxy) is 2. The minimum absolute atomic E-state index is 0.274. The molecule has 8 rings (SSSR count). The second kappa shape index (κ2) is 22.3. The van der Waals surface area contributed by atoms with Gasteiger partial charge in [-0.3, -0.25) is 9.97 Å². The molecule has 6 aromatic rings. The zero-order valence-electron chi connectivity index (χ0n) is 39.1. The Labute approximate surface area is 398 Å². The molecule has 0 amide bonds. The summed E-state index contributed by atoms with van der Waals surface area (Å²) >= 11 is 0. The smallest absolute Gasteiger partial charge is 0.461 e. The molecule has 6 heterocycles. The number of aromatic nitrogens is 4. The third kappa shape index (κ3) is 12.8. The summed E-state index contributed by atoms with van der Waals surface area (Å²) in [5.41, 5.74) is 10.3. The van der Waals surface area contributed by atoms with E-state index in [0.717, 1.165) is 55.9 Å². The van der Waals surface area contributed by atoms with Crippen LogP contribution in [-0.4, -0.2) is 88.8 Å². The Hall–Kier alpha value is -5.82. The minimum Gasteiger partial charge on any atom is -0.461 e. The largest absolute Gasteiger partial charge is 0.490 e. The SMILES string of the molecule is CCOC(=O)c1cc2c(c(-c3cccc(-c4cccnc4)c3)n1)CN([S@](=O)C(C)(C)C)C2.CCOC(=O)c1cc2c(c(-c3ccccc3)n1)CN([S@](=O)C(C)(C)C)C2.OB(O)c1cccnc1. The fourth-order valence-electron chi connectivity index (χ4n) is 7.34. The van der Waals surface area contributed by atoms with Crippen molar-refractivity contribution < 1.29 is 37.5 Å². The number of nitrogens with zero attached hydrogens (tertiary/aromatic N) is 6. The monoisotopic (exact) mass is 944 g/mol. The standard InChI is InChI=1S/C25H27N3O3S.C20H24N2O3S.C5H6BNO2/c1-5-31-24(29)22-13-20-15-28(32(30)25(2,3)4)16-21(20)23(27-22)18-9-6-8-17(12-18)19-10-7-11-26-14-19;1-5-25-19(23)17-11-15-12-22(26(24)20(2,3)4)13-16(15)18(21-17)14-9-7-6-8-10-14;8-6(9)5-2-1-3-7-4-5/h6-14H,5,15-16H2,1-4H3;6-11H,5,12-13H2,1-4H3;1-4,8-9H/t32-;26-;/m11./s1. The molecular weight excluding hydrogens is 888 g/mol. The third-order valence-corrected chi connectivity index (χ3v) is 14.0. The molecule has 2 N–H and O–H groups in total. The lowest BCUT2D eigenvalue weighted by Crippen LogP contribution is -2.34. The van der Waals surface area contributed by atoms with Crippen LogP contribution in [0, 0.1) is 0 Å². The topological polar surface area (TPSA) is 185 Å². The summed E-state index contributed by atoms with van der Waals surface area (Å²) < 4.78 is 39.4. The van der Waals surface area contributed by atoms with Gasteiger partial charge in [-0.1, -0.05) is 60.7 Å². The van der Waals surface area contributed by atoms with Crippen LogP contribution in [0.3, 0.4) is 0 Å². The van der Waals surface area contributed by atoms with Crippen molar-refractivity contribution in [2.24, 2.45) is 0 Å². The normalized spacial score (nSPS) is 14.3. The molecule has 0 fully saturated rings. The number of fused-ring (bicyclic) bond motifs is 2. The van der Waals surface area contributed by atoms with Gasteiger partial charge >= 0.3 is 19.1 Å². The Morgan fingerprint density at radius 3 is 1.49 bits per heavy atom. The van der Waals surface area contributed by atoms with E-state index in [9.17, 15) is 18.0 Å². The Morgan fingerprint density at radius 2 is 1.06 bits per heavy atom. The van der Waals surface area contributed by atoms with E-state index in [4.69, 9.17) is 24.5 Å². The molecule has 0 bridgehead atoms. The first kappa shape index (κ1) is 50.6. The highest BCUT2D eigenvalue weighted by atomic mass is 32.2. The highest BCUT2D eigenvalue weighted by molar-refractivity contribution is 7.84. The van der Waals surface area contributed by atoms with Crippen molar-refractivity contribution in [3.8, 4) is 33.6 Å². The first-order valence-electron chi connectivity index (χ1n) is 22.0. The van der Waals surface area contributed by atoms with Crippen molar-refractivity contribution in [1.82, 2.24) is 28.5 Å². The van der Waals surface area contributed by atoms with Gasteiger partial charge in [0.1, 0.15) is 33.4 Å². The molecular formula is C50H57BN6O8S2. The van der Waals surface area contributed by atoms with Gasteiger partial charge < -0.3 is 19.5 Å². The number of benzene rings is 2. The van der Waals surface area contributed by atoms with Crippen molar-refractivity contribution in [2.45, 2.75) is 91.1 Å². The van der Waals surface area contributed by atoms with Crippen molar-refractivity contribution >= 4 is 46.5 Å². The van der Waals surface area contributed by atoms with Gasteiger partial charge in [-0.05, 0) is 114 Å². The molecule has 17 heteroatoms. The molecule has 0 radical (unpaired) electrons. The second-order valence-corrected chi connectivity index (χ2v) is 22.1. The Kier molecular flexibility index (Phi) is 16.9. The van der Waals surface area contributed by atoms with E-state index in [0.29, 0.717) is 43.9 Å². The molecule has 0 spiro atoms. The lowest BCUT2D eigenvalue weighted by atomic mass is 9.82. The zero-order chi connectivity index (χ0) is 48.5. The maximum Gasteiger partial charge on any atom is 0.490 e. The van der Waals surface area contributed by atoms with Gasteiger partial charge in [0, 0.05) is 73.1 Å². The Morgan fingerprint density at radius 1 is 0.597 bits per heavy atom. The predicted molar refractivity (Wildman–Crippen MR) is 263 cm³/mol. The molecule has 0 aliphatic carbocycles. The minimum atomic E-state index is -1.40. The summed E-state index contributed by atoms with van der Waals surface area (Å²) in [6.45, 7) is 18.0. The average molecular weight is 945 g/mol. The fraction of sp³-hybridized carbons (Fsp3) is 0.320. The molecule has 4 aromatic heterocycles. The van der Waals surface area contributed by atoms with Crippen LogP contribution >= 0.6 is 0 Å². The van der Waals surface area contributed by atoms with Crippen LogP contribution in [0.1, 0.15) is 98.6 Å². The lowest BCUT2D eigenvalue weighted by Gasteiger charge is -2.24. The van der Waals surface area contributed by atoms with Crippen LogP contribution in [-0.2, 0) is 57.6 Å². The van der Waals surface area contributed by atoms with Crippen LogP contribution in [0.5, 0.6) is 0 Å². The van der Waals surface area contributed by atoms with E-state index in [1.54, 1.807) is 50.5 Å². The lowest BCUT2D eigenvalue weighted by molar-refractivity contribution is 0.0510. The summed E-state index contributed by atoms with van der Waals surface area (Å²) in [5.74, 6) is -0.877. The summed E-state index contributed by atoms with van der Waals surface area (Å²) in [4.78, 5) is 42.0. The Balaban J connectivity index is 0.000000189. The summed E-state index contributed by atoms with van der Waals surface area (Å²) in [6, 6.07) is 28.5. The van der Waals surface area contributed by atoms with Gasteiger partial charge in [-0.25, -0.2) is 36.6 Å². The molecule has 2 aromatic carbocycles. The van der Waals surface area contributed by atoms with Crippen molar-refractivity contribution in [1.29, 1.82) is 0 Å². The van der Waals surface area contributed by atoms with Crippen LogP contribution < -0.4 is 5.46 Å². The Bertz CT molecular complexity index is 2720. The maximum absolute atomic E-state index is 13.1. The molecule has 2 aliphatic rings. The van der Waals surface area contributed by atoms with E-state index in [1.165, 1.54) is 6.20 Å². The van der Waals surface area contributed by atoms with Crippen LogP contribution in [0.15, 0.2) is 116 Å². The van der Waals surface area contributed by atoms with E-state index in [2.05, 4.69) is 21.0 Å². The number of pyridine rings is 4. The van der Waals surface area contributed by atoms with Gasteiger partial charge in [0.15, 0.2) is 0 Å². The second-order valence-electron chi connectivity index (χ2n) is 17.6. The van der Waals surface area contributed by atoms with E-state index in [-0.39, 0.29) is 21.8 Å². The number of rotatable bonds is 10. The van der Waals surface area contributed by atoms with Crippen LogP contribution in [0.25, 0.3) is 33.6 Å². The fourth-order valence-corrected chi connectivity index (χ4v) is 9.89. The molecule has 350 valence electrons. The van der Waals surface area contributed by atoms with Gasteiger partial charge in [-0.15, -0.1) is 0 Å². The van der Waals surface area contributed by atoms with Crippen molar-refractivity contribution in [2.75, 3.05) is 13.2 Å². The number of carbonyl (C=O) groups excluding carboxylic acids is 2. The summed E-state index contributed by atoms with van der Waals surface area (Å²) in [6.07, 6.45) is 6.55. The van der Waals surface area contributed by atoms with Gasteiger partial charge in [-0.2, -0.15) is 0 Å². The molecule has 0 saturated heterocycles. The molecule has 14 nitrogen and oxygen atoms in total. The highest BCUT2D eigenvalue weighted by Crippen LogP contribution is 2.37. The summed E-state index contributed by atoms with van der Waals surface area (Å²) in [5, 5.41) is 17.1. The molecule has 0 unspecified atom stereocenters. The van der Waals surface area contributed by atoms with Crippen LogP contribution in [0.4, 0.5) is 0 Å². The molecule has 2 aliphatic heterocycles. The highest BCUT2D eigenvalue weighted by Gasteiger charge is 2.35. The number of carbonyl (C=O) groups is 2. The molecule has 67 heavy (non-hydrogen) atoms. The third-order valence-electron chi connectivity index (χ3n) is 10.4. The number of hydrogen-bond acceptors (Lipinski definition) is 12. The van der Waals surface area contributed by atoms with Crippen LogP contribution in [0.2, 0.25) is 0 Å². The average Bonchev–Trinajstić information content (AvgIpc) is 3.96. The van der Waals surface area contributed by atoms with Gasteiger partial charge in [0.2, 0.25) is 0 Å². The first-order chi connectivity index (χ1) is 31.9. The van der Waals surface area contributed by atoms with E-state index >= 15 is 0 Å². The van der Waals surface area contributed by atoms with Crippen molar-refractivity contribution in [3.05, 3.63) is 149 Å². The predicted octanol–water partition coefficient (Wildman–Crippen LogP) is 7.23. The van der Waals surface area contributed by atoms with E-state index < -0.39 is 41.0 Å². The maximum atomic E-state index is 13.1. The van der Waals surface area contributed by atoms with Gasteiger partial charge in [0.05, 0.1) is 34.1 Å².